The summed E-state index contributed by atoms with van der Waals surface area (Å²) in [6.07, 6.45) is 4.06. The third-order valence-electron chi connectivity index (χ3n) is 3.67. The van der Waals surface area contributed by atoms with Crippen molar-refractivity contribution in [2.24, 2.45) is 0 Å². The predicted molar refractivity (Wildman–Crippen MR) is 72.4 cm³/mol. The van der Waals surface area contributed by atoms with E-state index in [9.17, 15) is 4.79 Å². The van der Waals surface area contributed by atoms with Crippen LogP contribution in [0.15, 0.2) is 12.3 Å². The zero-order valence-corrected chi connectivity index (χ0v) is 11.1. The van der Waals surface area contributed by atoms with E-state index in [1.807, 2.05) is 7.05 Å². The Hall–Kier alpha value is -1.49. The second kappa shape index (κ2) is 5.44. The van der Waals surface area contributed by atoms with Crippen molar-refractivity contribution in [3.63, 3.8) is 0 Å². The van der Waals surface area contributed by atoms with Crippen LogP contribution in [0.1, 0.15) is 30.3 Å². The smallest absolute Gasteiger partial charge is 0.270 e. The van der Waals surface area contributed by atoms with Crippen molar-refractivity contribution in [2.45, 2.75) is 25.8 Å². The third-order valence-corrected chi connectivity index (χ3v) is 3.67. The molecule has 5 heteroatoms. The topological polar surface area (TPSA) is 65.4 Å². The summed E-state index contributed by atoms with van der Waals surface area (Å²) in [6.45, 7) is 5.16. The summed E-state index contributed by atoms with van der Waals surface area (Å²) in [6, 6.07) is 2.18. The van der Waals surface area contributed by atoms with E-state index < -0.39 is 0 Å². The number of carbonyl (C=O) groups is 1. The highest BCUT2D eigenvalue weighted by molar-refractivity contribution is 5.93. The van der Waals surface area contributed by atoms with Gasteiger partial charge in [0, 0.05) is 31.5 Å². The Labute approximate surface area is 108 Å². The van der Waals surface area contributed by atoms with Crippen LogP contribution in [0.25, 0.3) is 0 Å². The molecule has 0 aromatic carbocycles. The third kappa shape index (κ3) is 2.67. The number of H-pyrrole nitrogens is 1. The van der Waals surface area contributed by atoms with Crippen LogP contribution in [0.2, 0.25) is 0 Å². The molecule has 1 saturated heterocycles. The number of nitrogens with two attached hydrogens (primary N) is 1. The van der Waals surface area contributed by atoms with Gasteiger partial charge in [-0.3, -0.25) is 9.69 Å². The summed E-state index contributed by atoms with van der Waals surface area (Å²) in [5, 5.41) is 0. The summed E-state index contributed by atoms with van der Waals surface area (Å²) < 4.78 is 0. The lowest BCUT2D eigenvalue weighted by Gasteiger charge is -2.27. The molecule has 5 nitrogen and oxygen atoms in total. The minimum absolute atomic E-state index is 0.00894. The molecule has 1 aromatic heterocycles. The maximum atomic E-state index is 12.2. The van der Waals surface area contributed by atoms with Crippen molar-refractivity contribution in [1.82, 2.24) is 14.8 Å². The van der Waals surface area contributed by atoms with E-state index in [1.54, 1.807) is 17.2 Å². The predicted octanol–water partition coefficient (Wildman–Crippen LogP) is 1.15. The Morgan fingerprint density at radius 1 is 1.67 bits per heavy atom. The number of aromatic nitrogens is 1. The fraction of sp³-hybridized carbons (Fsp3) is 0.615. The summed E-state index contributed by atoms with van der Waals surface area (Å²) in [7, 11) is 1.85. The van der Waals surface area contributed by atoms with Gasteiger partial charge < -0.3 is 15.6 Å². The molecule has 0 bridgehead atoms. The SMILES string of the molecule is CCN1CCCC1CN(C)C(=O)c1cc(N)c[nH]1. The van der Waals surface area contributed by atoms with Gasteiger partial charge in [-0.1, -0.05) is 6.92 Å². The summed E-state index contributed by atoms with van der Waals surface area (Å²) in [4.78, 5) is 19.3. The number of nitrogens with zero attached hydrogens (tertiary/aromatic N) is 2. The highest BCUT2D eigenvalue weighted by atomic mass is 16.2. The van der Waals surface area contributed by atoms with Gasteiger partial charge >= 0.3 is 0 Å². The minimum Gasteiger partial charge on any atom is -0.397 e. The number of hydrogen-bond donors (Lipinski definition) is 2. The van der Waals surface area contributed by atoms with E-state index in [1.165, 1.54) is 12.8 Å². The Balaban J connectivity index is 1.95. The number of hydrogen-bond acceptors (Lipinski definition) is 3. The van der Waals surface area contributed by atoms with Crippen LogP contribution in [0.3, 0.4) is 0 Å². The zero-order valence-electron chi connectivity index (χ0n) is 11.1. The molecule has 1 unspecified atom stereocenters. The molecular formula is C13H22N4O. The van der Waals surface area contributed by atoms with Crippen molar-refractivity contribution in [3.8, 4) is 0 Å². The standard InChI is InChI=1S/C13H22N4O/c1-3-17-6-4-5-11(17)9-16(2)13(18)12-7-10(14)8-15-12/h7-8,11,15H,3-6,9,14H2,1-2H3. The molecule has 1 aliphatic heterocycles. The maximum Gasteiger partial charge on any atom is 0.270 e. The van der Waals surface area contributed by atoms with Gasteiger partial charge in [0.15, 0.2) is 0 Å². The molecule has 0 saturated carbocycles. The fourth-order valence-corrected chi connectivity index (χ4v) is 2.66. The van der Waals surface area contributed by atoms with Crippen LogP contribution in [0, 0.1) is 0 Å². The van der Waals surface area contributed by atoms with Gasteiger partial charge in [-0.25, -0.2) is 0 Å². The van der Waals surface area contributed by atoms with Crippen LogP contribution in [0.4, 0.5) is 5.69 Å². The molecule has 2 rings (SSSR count). The lowest BCUT2D eigenvalue weighted by atomic mass is 10.2. The molecular weight excluding hydrogens is 228 g/mol. The number of carbonyl (C=O) groups excluding carboxylic acids is 1. The van der Waals surface area contributed by atoms with Crippen molar-refractivity contribution in [1.29, 1.82) is 0 Å². The fourth-order valence-electron chi connectivity index (χ4n) is 2.66. The first-order valence-electron chi connectivity index (χ1n) is 6.55. The van der Waals surface area contributed by atoms with Crippen LogP contribution >= 0.6 is 0 Å². The van der Waals surface area contributed by atoms with Gasteiger partial charge in [0.1, 0.15) is 5.69 Å². The molecule has 2 heterocycles. The molecule has 1 amide bonds. The highest BCUT2D eigenvalue weighted by Gasteiger charge is 2.26. The number of likely N-dealkylation sites (N-methyl/N-ethyl adjacent to an activating group) is 2. The van der Waals surface area contributed by atoms with E-state index in [4.69, 9.17) is 5.73 Å². The normalized spacial score (nSPS) is 20.2. The van der Waals surface area contributed by atoms with Gasteiger partial charge in [0.2, 0.25) is 0 Å². The van der Waals surface area contributed by atoms with Crippen molar-refractivity contribution in [2.75, 3.05) is 32.4 Å². The molecule has 0 radical (unpaired) electrons. The van der Waals surface area contributed by atoms with Crippen molar-refractivity contribution in [3.05, 3.63) is 18.0 Å². The molecule has 100 valence electrons. The van der Waals surface area contributed by atoms with Crippen LogP contribution < -0.4 is 5.73 Å². The monoisotopic (exact) mass is 250 g/mol. The lowest BCUT2D eigenvalue weighted by Crippen LogP contribution is -2.41. The number of aromatic amines is 1. The Morgan fingerprint density at radius 2 is 2.44 bits per heavy atom. The second-order valence-corrected chi connectivity index (χ2v) is 4.96. The Kier molecular flexibility index (Phi) is 3.91. The van der Waals surface area contributed by atoms with E-state index in [0.29, 0.717) is 17.4 Å². The summed E-state index contributed by atoms with van der Waals surface area (Å²) >= 11 is 0. The lowest BCUT2D eigenvalue weighted by molar-refractivity contribution is 0.0749. The molecule has 1 aliphatic rings. The van der Waals surface area contributed by atoms with Crippen LogP contribution in [-0.4, -0.2) is 53.4 Å². The van der Waals surface area contributed by atoms with Gasteiger partial charge in [-0.05, 0) is 32.0 Å². The Morgan fingerprint density at radius 3 is 3.06 bits per heavy atom. The zero-order chi connectivity index (χ0) is 13.1. The highest BCUT2D eigenvalue weighted by Crippen LogP contribution is 2.18. The van der Waals surface area contributed by atoms with E-state index in [0.717, 1.165) is 19.6 Å². The van der Waals surface area contributed by atoms with E-state index in [-0.39, 0.29) is 5.91 Å². The summed E-state index contributed by atoms with van der Waals surface area (Å²) in [5.41, 5.74) is 6.78. The number of likely N-dealkylation sites (tertiary alicyclic amines) is 1. The molecule has 1 atom stereocenters. The van der Waals surface area contributed by atoms with Gasteiger partial charge in [-0.15, -0.1) is 0 Å². The first-order chi connectivity index (χ1) is 8.61. The number of amides is 1. The van der Waals surface area contributed by atoms with Gasteiger partial charge in [0.25, 0.3) is 5.91 Å². The van der Waals surface area contributed by atoms with Crippen molar-refractivity contribution < 1.29 is 4.79 Å². The van der Waals surface area contributed by atoms with Crippen LogP contribution in [0.5, 0.6) is 0 Å². The molecule has 1 fully saturated rings. The van der Waals surface area contributed by atoms with Crippen LogP contribution in [-0.2, 0) is 0 Å². The van der Waals surface area contributed by atoms with Gasteiger partial charge in [-0.2, -0.15) is 0 Å². The van der Waals surface area contributed by atoms with Crippen molar-refractivity contribution >= 4 is 11.6 Å². The molecule has 1 aromatic rings. The first-order valence-corrected chi connectivity index (χ1v) is 6.55. The number of nitrogens with one attached hydrogen (secondary N) is 1. The van der Waals surface area contributed by atoms with Gasteiger partial charge in [0.05, 0.1) is 0 Å². The summed E-state index contributed by atoms with van der Waals surface area (Å²) in [5.74, 6) is 0.00894. The average molecular weight is 250 g/mol. The van der Waals surface area contributed by atoms with E-state index >= 15 is 0 Å². The molecule has 0 spiro atoms. The van der Waals surface area contributed by atoms with E-state index in [2.05, 4.69) is 16.8 Å². The number of anilines is 1. The first kappa shape index (κ1) is 13.0. The number of nitrogen functional groups attached to an aromatic ring is 1. The minimum atomic E-state index is 0.00894. The molecule has 18 heavy (non-hydrogen) atoms. The maximum absolute atomic E-state index is 12.2. The largest absolute Gasteiger partial charge is 0.397 e. The Bertz CT molecular complexity index is 415. The average Bonchev–Trinajstić information content (AvgIpc) is 2.96. The molecule has 0 aliphatic carbocycles. The molecule has 3 N–H and O–H groups in total. The second-order valence-electron chi connectivity index (χ2n) is 4.96. The number of rotatable bonds is 4. The quantitative estimate of drug-likeness (QED) is 0.842.